The van der Waals surface area contributed by atoms with Crippen molar-refractivity contribution < 1.29 is 4.42 Å². The number of hydrogen-bond acceptors (Lipinski definition) is 4. The zero-order chi connectivity index (χ0) is 14.8. The summed E-state index contributed by atoms with van der Waals surface area (Å²) in [5.41, 5.74) is 3.59. The summed E-state index contributed by atoms with van der Waals surface area (Å²) < 4.78 is 5.39. The lowest BCUT2D eigenvalue weighted by atomic mass is 10.1. The Morgan fingerprint density at radius 2 is 2.00 bits per heavy atom. The second-order valence-corrected chi connectivity index (χ2v) is 7.05. The highest BCUT2D eigenvalue weighted by atomic mass is 32.2. The molecule has 108 valence electrons. The number of benzene rings is 1. The van der Waals surface area contributed by atoms with Crippen molar-refractivity contribution in [2.24, 2.45) is 0 Å². The quantitative estimate of drug-likeness (QED) is 0.909. The van der Waals surface area contributed by atoms with Crippen molar-refractivity contribution in [3.05, 3.63) is 41.3 Å². The van der Waals surface area contributed by atoms with E-state index >= 15 is 0 Å². The number of aryl methyl sites for hydroxylation is 2. The highest BCUT2D eigenvalue weighted by molar-refractivity contribution is 7.99. The van der Waals surface area contributed by atoms with Crippen LogP contribution in [0.5, 0.6) is 0 Å². The van der Waals surface area contributed by atoms with Crippen molar-refractivity contribution in [3.8, 4) is 0 Å². The Morgan fingerprint density at radius 1 is 1.25 bits per heavy atom. The normalized spacial score (nSPS) is 11.8. The minimum absolute atomic E-state index is 0.136. The Morgan fingerprint density at radius 3 is 2.55 bits per heavy atom. The van der Waals surface area contributed by atoms with Crippen molar-refractivity contribution in [1.82, 2.24) is 10.3 Å². The minimum atomic E-state index is 0.136. The van der Waals surface area contributed by atoms with Crippen LogP contribution in [0.3, 0.4) is 0 Å². The van der Waals surface area contributed by atoms with Gasteiger partial charge in [-0.05, 0) is 63.6 Å². The molecule has 2 aromatic rings. The molecule has 2 rings (SSSR count). The van der Waals surface area contributed by atoms with E-state index in [1.165, 1.54) is 16.0 Å². The van der Waals surface area contributed by atoms with E-state index in [9.17, 15) is 0 Å². The average molecular weight is 290 g/mol. The molecule has 3 nitrogen and oxygen atoms in total. The highest BCUT2D eigenvalue weighted by Crippen LogP contribution is 2.30. The SMILES string of the molecule is Cc1coc(Sc2ccc(CNC(C)(C)C)cc2C)n1. The predicted molar refractivity (Wildman–Crippen MR) is 83.1 cm³/mol. The molecule has 1 aromatic heterocycles. The lowest BCUT2D eigenvalue weighted by Gasteiger charge is -2.20. The Hall–Kier alpha value is -1.26. The number of oxazole rings is 1. The molecule has 20 heavy (non-hydrogen) atoms. The fraction of sp³-hybridized carbons (Fsp3) is 0.438. The third-order valence-corrected chi connectivity index (χ3v) is 3.90. The van der Waals surface area contributed by atoms with E-state index < -0.39 is 0 Å². The van der Waals surface area contributed by atoms with Gasteiger partial charge < -0.3 is 9.73 Å². The molecule has 0 aliphatic heterocycles. The topological polar surface area (TPSA) is 38.1 Å². The van der Waals surface area contributed by atoms with E-state index in [-0.39, 0.29) is 5.54 Å². The average Bonchev–Trinajstić information content (AvgIpc) is 2.74. The predicted octanol–water partition coefficient (Wildman–Crippen LogP) is 4.33. The van der Waals surface area contributed by atoms with Gasteiger partial charge in [0.2, 0.25) is 0 Å². The molecule has 1 N–H and O–H groups in total. The van der Waals surface area contributed by atoms with Gasteiger partial charge in [0.05, 0.1) is 5.69 Å². The third-order valence-electron chi connectivity index (χ3n) is 2.86. The minimum Gasteiger partial charge on any atom is -0.439 e. The number of rotatable bonds is 4. The van der Waals surface area contributed by atoms with Crippen molar-refractivity contribution in [1.29, 1.82) is 0 Å². The number of aromatic nitrogens is 1. The van der Waals surface area contributed by atoms with Gasteiger partial charge in [0, 0.05) is 17.0 Å². The molecule has 0 aliphatic rings. The molecule has 0 saturated heterocycles. The Balaban J connectivity index is 2.06. The monoisotopic (exact) mass is 290 g/mol. The summed E-state index contributed by atoms with van der Waals surface area (Å²) >= 11 is 1.57. The summed E-state index contributed by atoms with van der Waals surface area (Å²) in [7, 11) is 0. The molecule has 0 unspecified atom stereocenters. The van der Waals surface area contributed by atoms with Gasteiger partial charge in [-0.15, -0.1) is 0 Å². The van der Waals surface area contributed by atoms with Crippen molar-refractivity contribution in [3.63, 3.8) is 0 Å². The van der Waals surface area contributed by atoms with Crippen molar-refractivity contribution in [2.75, 3.05) is 0 Å². The zero-order valence-corrected chi connectivity index (χ0v) is 13.6. The van der Waals surface area contributed by atoms with Crippen LogP contribution in [0, 0.1) is 13.8 Å². The first-order valence-electron chi connectivity index (χ1n) is 6.78. The van der Waals surface area contributed by atoms with Gasteiger partial charge in [0.15, 0.2) is 0 Å². The van der Waals surface area contributed by atoms with Crippen LogP contribution in [0.2, 0.25) is 0 Å². The fourth-order valence-electron chi connectivity index (χ4n) is 1.78. The first kappa shape index (κ1) is 15.1. The van der Waals surface area contributed by atoms with Crippen LogP contribution in [-0.4, -0.2) is 10.5 Å². The highest BCUT2D eigenvalue weighted by Gasteiger charge is 2.10. The van der Waals surface area contributed by atoms with Gasteiger partial charge in [-0.1, -0.05) is 12.1 Å². The largest absolute Gasteiger partial charge is 0.439 e. The van der Waals surface area contributed by atoms with Gasteiger partial charge in [0.25, 0.3) is 5.22 Å². The van der Waals surface area contributed by atoms with Crippen molar-refractivity contribution in [2.45, 2.75) is 56.8 Å². The molecule has 0 amide bonds. The molecule has 0 fully saturated rings. The first-order valence-corrected chi connectivity index (χ1v) is 7.60. The van der Waals surface area contributed by atoms with E-state index in [2.05, 4.69) is 56.2 Å². The molecule has 4 heteroatoms. The molecular weight excluding hydrogens is 268 g/mol. The van der Waals surface area contributed by atoms with E-state index in [0.29, 0.717) is 5.22 Å². The molecule has 1 aromatic carbocycles. The van der Waals surface area contributed by atoms with Crippen LogP contribution < -0.4 is 5.32 Å². The van der Waals surface area contributed by atoms with Crippen molar-refractivity contribution >= 4 is 11.8 Å². The Labute approximate surface area is 125 Å². The van der Waals surface area contributed by atoms with Gasteiger partial charge in [0.1, 0.15) is 6.26 Å². The summed E-state index contributed by atoms with van der Waals surface area (Å²) in [6.07, 6.45) is 1.68. The lowest BCUT2D eigenvalue weighted by molar-refractivity contribution is 0.424. The van der Waals surface area contributed by atoms with Gasteiger partial charge in [-0.2, -0.15) is 0 Å². The second kappa shape index (κ2) is 6.02. The Kier molecular flexibility index (Phi) is 4.55. The van der Waals surface area contributed by atoms with Crippen LogP contribution in [-0.2, 0) is 6.54 Å². The summed E-state index contributed by atoms with van der Waals surface area (Å²) in [4.78, 5) is 5.51. The molecule has 0 spiro atoms. The molecule has 0 aliphatic carbocycles. The molecule has 0 radical (unpaired) electrons. The molecule has 0 bridgehead atoms. The van der Waals surface area contributed by atoms with Gasteiger partial charge in [-0.3, -0.25) is 0 Å². The van der Waals surface area contributed by atoms with Gasteiger partial charge in [-0.25, -0.2) is 4.98 Å². The summed E-state index contributed by atoms with van der Waals surface area (Å²) in [5, 5.41) is 4.20. The maximum absolute atomic E-state index is 5.39. The van der Waals surface area contributed by atoms with Crippen LogP contribution >= 0.6 is 11.8 Å². The lowest BCUT2D eigenvalue weighted by Crippen LogP contribution is -2.35. The number of nitrogens with zero attached hydrogens (tertiary/aromatic N) is 1. The Bertz CT molecular complexity index is 584. The third kappa shape index (κ3) is 4.39. The maximum atomic E-state index is 5.39. The van der Waals surface area contributed by atoms with Crippen LogP contribution in [0.25, 0.3) is 0 Å². The second-order valence-electron chi connectivity index (χ2n) is 6.06. The van der Waals surface area contributed by atoms with E-state index in [4.69, 9.17) is 4.42 Å². The molecule has 0 saturated carbocycles. The molecule has 0 atom stereocenters. The first-order chi connectivity index (χ1) is 9.33. The summed E-state index contributed by atoms with van der Waals surface area (Å²) in [6, 6.07) is 6.51. The summed E-state index contributed by atoms with van der Waals surface area (Å²) in [6.45, 7) is 11.5. The van der Waals surface area contributed by atoms with Crippen LogP contribution in [0.15, 0.2) is 39.0 Å². The van der Waals surface area contributed by atoms with Gasteiger partial charge >= 0.3 is 0 Å². The molecule has 1 heterocycles. The molecular formula is C16H22N2OS. The standard InChI is InChI=1S/C16H22N2OS/c1-11-8-13(9-17-16(3,4)5)6-7-14(11)20-15-18-12(2)10-19-15/h6-8,10,17H,9H2,1-5H3. The zero-order valence-electron chi connectivity index (χ0n) is 12.8. The van der Waals surface area contributed by atoms with E-state index in [1.54, 1.807) is 18.0 Å². The van der Waals surface area contributed by atoms with E-state index in [0.717, 1.165) is 12.2 Å². The van der Waals surface area contributed by atoms with E-state index in [1.807, 2.05) is 6.92 Å². The summed E-state index contributed by atoms with van der Waals surface area (Å²) in [5.74, 6) is 0. The fourth-order valence-corrected chi connectivity index (χ4v) is 2.61. The smallest absolute Gasteiger partial charge is 0.260 e. The number of hydrogen-bond donors (Lipinski definition) is 1. The number of nitrogens with one attached hydrogen (secondary N) is 1. The van der Waals surface area contributed by atoms with Crippen LogP contribution in [0.4, 0.5) is 0 Å². The van der Waals surface area contributed by atoms with Crippen LogP contribution in [0.1, 0.15) is 37.6 Å². The maximum Gasteiger partial charge on any atom is 0.260 e.